The first-order chi connectivity index (χ1) is 9.54. The van der Waals surface area contributed by atoms with Crippen LogP contribution in [0.25, 0.3) is 5.70 Å². The zero-order chi connectivity index (χ0) is 14.7. The van der Waals surface area contributed by atoms with Crippen molar-refractivity contribution in [1.82, 2.24) is 4.90 Å². The van der Waals surface area contributed by atoms with Crippen LogP contribution in [0.1, 0.15) is 18.4 Å². The molecule has 0 bridgehead atoms. The smallest absolute Gasteiger partial charge is 0.227 e. The van der Waals surface area contributed by atoms with Crippen molar-refractivity contribution in [2.45, 2.75) is 12.8 Å². The Morgan fingerprint density at radius 3 is 2.65 bits per heavy atom. The van der Waals surface area contributed by atoms with E-state index in [0.717, 1.165) is 12.1 Å². The third-order valence-electron chi connectivity index (χ3n) is 3.01. The zero-order valence-electron chi connectivity index (χ0n) is 10.8. The third kappa shape index (κ3) is 2.62. The highest BCUT2D eigenvalue weighted by molar-refractivity contribution is 5.89. The first-order valence-electron chi connectivity index (χ1n) is 6.00. The number of halogens is 2. The van der Waals surface area contributed by atoms with E-state index in [-0.39, 0.29) is 29.5 Å². The van der Waals surface area contributed by atoms with Gasteiger partial charge in [0.15, 0.2) is 6.61 Å². The second kappa shape index (κ2) is 5.70. The number of carbonyl (C=O) groups excluding carboxylic acids is 1. The van der Waals surface area contributed by atoms with E-state index in [1.807, 2.05) is 0 Å². The molecule has 0 saturated carbocycles. The Morgan fingerprint density at radius 1 is 1.40 bits per heavy atom. The minimum atomic E-state index is -0.828. The third-order valence-corrected chi connectivity index (χ3v) is 3.01. The molecule has 0 saturated heterocycles. The summed E-state index contributed by atoms with van der Waals surface area (Å²) in [5.74, 6) is -1.90. The summed E-state index contributed by atoms with van der Waals surface area (Å²) < 4.78 is 32.9. The van der Waals surface area contributed by atoms with Crippen molar-refractivity contribution >= 4 is 11.6 Å². The van der Waals surface area contributed by atoms with Crippen LogP contribution >= 0.6 is 0 Å². The van der Waals surface area contributed by atoms with Crippen LogP contribution in [0.3, 0.4) is 0 Å². The lowest BCUT2D eigenvalue weighted by Crippen LogP contribution is -2.28. The molecule has 4 nitrogen and oxygen atoms in total. The van der Waals surface area contributed by atoms with Crippen molar-refractivity contribution in [2.24, 2.45) is 0 Å². The van der Waals surface area contributed by atoms with Gasteiger partial charge in [0.25, 0.3) is 0 Å². The van der Waals surface area contributed by atoms with Crippen molar-refractivity contribution in [3.05, 3.63) is 35.4 Å². The van der Waals surface area contributed by atoms with Crippen molar-refractivity contribution in [1.29, 1.82) is 5.26 Å². The standard InChI is InChI=1S/C14H12F2N2O2/c1-18-12(3-2-4-13(18)19)14-10(15)7-9(8-11(14)16)20-6-5-17/h3,7-8H,2,4,6H2,1H3. The number of hydrogen-bond donors (Lipinski definition) is 0. The van der Waals surface area contributed by atoms with Gasteiger partial charge in [-0.05, 0) is 6.42 Å². The average molecular weight is 278 g/mol. The molecule has 2 rings (SSSR count). The maximum Gasteiger partial charge on any atom is 0.227 e. The van der Waals surface area contributed by atoms with Crippen LogP contribution in [0.5, 0.6) is 5.75 Å². The lowest BCUT2D eigenvalue weighted by atomic mass is 10.0. The Bertz CT molecular complexity index is 597. The fraction of sp³-hybridized carbons (Fsp3) is 0.286. The van der Waals surface area contributed by atoms with Gasteiger partial charge in [-0.2, -0.15) is 5.26 Å². The van der Waals surface area contributed by atoms with E-state index >= 15 is 0 Å². The van der Waals surface area contributed by atoms with E-state index in [9.17, 15) is 13.6 Å². The molecule has 6 heteroatoms. The lowest BCUT2D eigenvalue weighted by molar-refractivity contribution is -0.127. The molecule has 0 N–H and O–H groups in total. The van der Waals surface area contributed by atoms with E-state index in [1.54, 1.807) is 12.1 Å². The molecule has 0 spiro atoms. The van der Waals surface area contributed by atoms with Crippen LogP contribution in [-0.2, 0) is 4.79 Å². The van der Waals surface area contributed by atoms with E-state index in [1.165, 1.54) is 11.9 Å². The van der Waals surface area contributed by atoms with Crippen molar-refractivity contribution in [2.75, 3.05) is 13.7 Å². The van der Waals surface area contributed by atoms with E-state index < -0.39 is 11.6 Å². The van der Waals surface area contributed by atoms with Gasteiger partial charge < -0.3 is 9.64 Å². The molecule has 0 atom stereocenters. The van der Waals surface area contributed by atoms with Gasteiger partial charge in [-0.25, -0.2) is 8.78 Å². The molecule has 1 aromatic carbocycles. The molecule has 1 heterocycles. The van der Waals surface area contributed by atoms with Gasteiger partial charge in [-0.3, -0.25) is 4.79 Å². The van der Waals surface area contributed by atoms with Gasteiger partial charge in [0.2, 0.25) is 5.91 Å². The Balaban J connectivity index is 2.40. The molecule has 1 amide bonds. The molecule has 1 aromatic rings. The summed E-state index contributed by atoms with van der Waals surface area (Å²) in [4.78, 5) is 12.8. The summed E-state index contributed by atoms with van der Waals surface area (Å²) in [6, 6.07) is 3.72. The van der Waals surface area contributed by atoms with Gasteiger partial charge in [0, 0.05) is 25.6 Å². The predicted molar refractivity (Wildman–Crippen MR) is 67.4 cm³/mol. The van der Waals surface area contributed by atoms with E-state index in [2.05, 4.69) is 0 Å². The molecule has 0 fully saturated rings. The fourth-order valence-electron chi connectivity index (χ4n) is 2.03. The zero-order valence-corrected chi connectivity index (χ0v) is 10.8. The number of amides is 1. The number of carbonyl (C=O) groups is 1. The SMILES string of the molecule is CN1C(=O)CCC=C1c1c(F)cc(OCC#N)cc1F. The van der Waals surface area contributed by atoms with Crippen molar-refractivity contribution in [3.8, 4) is 11.8 Å². The number of nitriles is 1. The molecule has 0 unspecified atom stereocenters. The molecular formula is C14H12F2N2O2. The van der Waals surface area contributed by atoms with Crippen LogP contribution < -0.4 is 4.74 Å². The van der Waals surface area contributed by atoms with E-state index in [0.29, 0.717) is 12.8 Å². The number of allylic oxidation sites excluding steroid dienone is 1. The Morgan fingerprint density at radius 2 is 2.05 bits per heavy atom. The summed E-state index contributed by atoms with van der Waals surface area (Å²) in [6.45, 7) is -0.292. The van der Waals surface area contributed by atoms with Crippen LogP contribution in [0.2, 0.25) is 0 Å². The van der Waals surface area contributed by atoms with Gasteiger partial charge in [0.1, 0.15) is 23.5 Å². The average Bonchev–Trinajstić information content (AvgIpc) is 2.40. The van der Waals surface area contributed by atoms with Gasteiger partial charge in [0.05, 0.1) is 11.3 Å². The molecule has 0 radical (unpaired) electrons. The molecule has 1 aliphatic rings. The number of benzene rings is 1. The van der Waals surface area contributed by atoms with Crippen LogP contribution in [0.4, 0.5) is 8.78 Å². The number of nitrogens with zero attached hydrogens (tertiary/aromatic N) is 2. The molecule has 0 aliphatic carbocycles. The second-order valence-electron chi connectivity index (χ2n) is 4.29. The number of rotatable bonds is 3. The highest BCUT2D eigenvalue weighted by atomic mass is 19.1. The van der Waals surface area contributed by atoms with Gasteiger partial charge in [-0.1, -0.05) is 6.08 Å². The van der Waals surface area contributed by atoms with Crippen LogP contribution in [-0.4, -0.2) is 24.5 Å². The normalized spacial score (nSPS) is 14.8. The first kappa shape index (κ1) is 14.0. The Kier molecular flexibility index (Phi) is 3.99. The quantitative estimate of drug-likeness (QED) is 0.853. The molecule has 1 aliphatic heterocycles. The molecule has 20 heavy (non-hydrogen) atoms. The number of ether oxygens (including phenoxy) is 1. The molecule has 0 aromatic heterocycles. The molecule has 104 valence electrons. The van der Waals surface area contributed by atoms with Gasteiger partial charge in [-0.15, -0.1) is 0 Å². The summed E-state index contributed by atoms with van der Waals surface area (Å²) in [5.41, 5.74) is -0.0482. The summed E-state index contributed by atoms with van der Waals surface area (Å²) in [6.07, 6.45) is 2.40. The van der Waals surface area contributed by atoms with Crippen LogP contribution in [0.15, 0.2) is 18.2 Å². The van der Waals surface area contributed by atoms with Crippen molar-refractivity contribution < 1.29 is 18.3 Å². The predicted octanol–water partition coefficient (Wildman–Crippen LogP) is 2.46. The lowest BCUT2D eigenvalue weighted by Gasteiger charge is -2.25. The highest BCUT2D eigenvalue weighted by Crippen LogP contribution is 2.31. The van der Waals surface area contributed by atoms with Crippen molar-refractivity contribution in [3.63, 3.8) is 0 Å². The first-order valence-corrected chi connectivity index (χ1v) is 6.00. The van der Waals surface area contributed by atoms with Crippen LogP contribution in [0, 0.1) is 23.0 Å². The maximum atomic E-state index is 14.0. The molecular weight excluding hydrogens is 266 g/mol. The largest absolute Gasteiger partial charge is 0.479 e. The fourth-order valence-corrected chi connectivity index (χ4v) is 2.03. The monoisotopic (exact) mass is 278 g/mol. The number of hydrogen-bond acceptors (Lipinski definition) is 3. The Hall–Kier alpha value is -2.42. The summed E-state index contributed by atoms with van der Waals surface area (Å²) >= 11 is 0. The van der Waals surface area contributed by atoms with Gasteiger partial charge >= 0.3 is 0 Å². The van der Waals surface area contributed by atoms with E-state index in [4.69, 9.17) is 10.00 Å². The second-order valence-corrected chi connectivity index (χ2v) is 4.29. The topological polar surface area (TPSA) is 53.3 Å². The minimum Gasteiger partial charge on any atom is -0.479 e. The highest BCUT2D eigenvalue weighted by Gasteiger charge is 2.24. The maximum absolute atomic E-state index is 14.0. The summed E-state index contributed by atoms with van der Waals surface area (Å²) in [5, 5.41) is 8.37. The summed E-state index contributed by atoms with van der Waals surface area (Å²) in [7, 11) is 1.48. The Labute approximate surface area is 114 Å². The minimum absolute atomic E-state index is 0.0595.